The van der Waals surface area contributed by atoms with Crippen molar-refractivity contribution in [1.82, 2.24) is 5.32 Å². The van der Waals surface area contributed by atoms with Crippen LogP contribution in [0.3, 0.4) is 0 Å². The van der Waals surface area contributed by atoms with E-state index in [1.165, 1.54) is 0 Å². The van der Waals surface area contributed by atoms with Crippen LogP contribution < -0.4 is 5.32 Å². The summed E-state index contributed by atoms with van der Waals surface area (Å²) >= 11 is 0. The fourth-order valence-electron chi connectivity index (χ4n) is 3.97. The lowest BCUT2D eigenvalue weighted by molar-refractivity contribution is -0.201. The molecule has 20 heavy (non-hydrogen) atoms. The number of hydrogen-bond acceptors (Lipinski definition) is 2. The van der Waals surface area contributed by atoms with Crippen LogP contribution in [0.2, 0.25) is 0 Å². The van der Waals surface area contributed by atoms with Crippen molar-refractivity contribution in [3.63, 3.8) is 0 Å². The van der Waals surface area contributed by atoms with Crippen LogP contribution >= 0.6 is 0 Å². The molecular formula is C15H26F3NO. The van der Waals surface area contributed by atoms with Crippen molar-refractivity contribution in [2.45, 2.75) is 57.7 Å². The number of nitrogens with one attached hydrogen (secondary N) is 1. The maximum Gasteiger partial charge on any atom is 0.392 e. The van der Waals surface area contributed by atoms with Gasteiger partial charge >= 0.3 is 6.18 Å². The van der Waals surface area contributed by atoms with Crippen molar-refractivity contribution in [3.8, 4) is 0 Å². The minimum absolute atomic E-state index is 0.00387. The van der Waals surface area contributed by atoms with Gasteiger partial charge in [-0.2, -0.15) is 13.2 Å². The molecule has 5 heteroatoms. The molecule has 0 aromatic carbocycles. The summed E-state index contributed by atoms with van der Waals surface area (Å²) in [5.41, 5.74) is 0. The summed E-state index contributed by atoms with van der Waals surface area (Å²) in [6, 6.07) is -0.00387. The van der Waals surface area contributed by atoms with Crippen LogP contribution in [0.5, 0.6) is 0 Å². The molecule has 1 N–H and O–H groups in total. The van der Waals surface area contributed by atoms with Gasteiger partial charge in [0.1, 0.15) is 0 Å². The molecule has 2 aliphatic rings. The second-order valence-corrected chi connectivity index (χ2v) is 6.13. The lowest BCUT2D eigenvalue weighted by Gasteiger charge is -2.42. The maximum atomic E-state index is 13.3. The molecular weight excluding hydrogens is 267 g/mol. The van der Waals surface area contributed by atoms with E-state index in [0.29, 0.717) is 38.4 Å². The summed E-state index contributed by atoms with van der Waals surface area (Å²) in [4.78, 5) is 0. The number of hydrogen-bond donors (Lipinski definition) is 1. The Hall–Kier alpha value is -0.290. The van der Waals surface area contributed by atoms with Gasteiger partial charge in [0.15, 0.2) is 0 Å². The predicted octanol–water partition coefficient (Wildman–Crippen LogP) is 3.76. The lowest BCUT2D eigenvalue weighted by Crippen LogP contribution is -2.50. The minimum Gasteiger partial charge on any atom is -0.381 e. The third kappa shape index (κ3) is 3.88. The predicted molar refractivity (Wildman–Crippen MR) is 72.5 cm³/mol. The molecule has 0 bridgehead atoms. The number of alkyl halides is 3. The Balaban J connectivity index is 2.12. The molecule has 1 saturated heterocycles. The molecule has 2 nitrogen and oxygen atoms in total. The summed E-state index contributed by atoms with van der Waals surface area (Å²) in [5, 5.41) is 3.37. The summed E-state index contributed by atoms with van der Waals surface area (Å²) in [7, 11) is 0. The van der Waals surface area contributed by atoms with E-state index in [-0.39, 0.29) is 12.0 Å². The fraction of sp³-hybridized carbons (Fsp3) is 1.00. The van der Waals surface area contributed by atoms with Crippen LogP contribution in [0.1, 0.15) is 45.4 Å². The van der Waals surface area contributed by atoms with Gasteiger partial charge in [-0.1, -0.05) is 19.8 Å². The van der Waals surface area contributed by atoms with Gasteiger partial charge in [-0.3, -0.25) is 0 Å². The van der Waals surface area contributed by atoms with E-state index in [9.17, 15) is 13.2 Å². The van der Waals surface area contributed by atoms with Gasteiger partial charge in [-0.15, -0.1) is 0 Å². The van der Waals surface area contributed by atoms with Gasteiger partial charge in [0.2, 0.25) is 0 Å². The Morgan fingerprint density at radius 2 is 1.75 bits per heavy atom. The monoisotopic (exact) mass is 293 g/mol. The van der Waals surface area contributed by atoms with E-state index in [2.05, 4.69) is 5.32 Å². The zero-order valence-corrected chi connectivity index (χ0v) is 12.2. The number of ether oxygens (including phenoxy) is 1. The molecule has 2 fully saturated rings. The Morgan fingerprint density at radius 3 is 2.35 bits per heavy atom. The van der Waals surface area contributed by atoms with Crippen molar-refractivity contribution in [2.24, 2.45) is 17.8 Å². The van der Waals surface area contributed by atoms with Crippen LogP contribution in [0, 0.1) is 17.8 Å². The van der Waals surface area contributed by atoms with E-state index >= 15 is 0 Å². The highest BCUT2D eigenvalue weighted by Gasteiger charge is 2.49. The second kappa shape index (κ2) is 7.12. The zero-order chi connectivity index (χ0) is 14.6. The lowest BCUT2D eigenvalue weighted by atomic mass is 9.70. The summed E-state index contributed by atoms with van der Waals surface area (Å²) in [6.07, 6.45) is 0.384. The molecule has 1 aliphatic carbocycles. The maximum absolute atomic E-state index is 13.3. The van der Waals surface area contributed by atoms with Crippen LogP contribution in [0.15, 0.2) is 0 Å². The van der Waals surface area contributed by atoms with Gasteiger partial charge in [-0.05, 0) is 44.1 Å². The molecule has 118 valence electrons. The third-order valence-corrected chi connectivity index (χ3v) is 4.91. The normalized spacial score (nSPS) is 31.2. The molecule has 2 rings (SSSR count). The molecule has 0 amide bonds. The quantitative estimate of drug-likeness (QED) is 0.852. The van der Waals surface area contributed by atoms with Gasteiger partial charge in [0.25, 0.3) is 0 Å². The Morgan fingerprint density at radius 1 is 1.10 bits per heavy atom. The standard InChI is InChI=1S/C15H26F3NO/c1-2-19-14(11-7-9-20-10-8-11)12-5-3-4-6-13(12)15(16,17)18/h11-14,19H,2-10H2,1H3. The Kier molecular flexibility index (Phi) is 5.73. The first-order chi connectivity index (χ1) is 9.54. The topological polar surface area (TPSA) is 21.3 Å². The minimum atomic E-state index is -4.05. The van der Waals surface area contributed by atoms with Crippen molar-refractivity contribution >= 4 is 0 Å². The van der Waals surface area contributed by atoms with Gasteiger partial charge in [0, 0.05) is 19.3 Å². The first-order valence-electron chi connectivity index (χ1n) is 7.92. The zero-order valence-electron chi connectivity index (χ0n) is 12.2. The molecule has 1 aliphatic heterocycles. The molecule has 0 radical (unpaired) electrons. The van der Waals surface area contributed by atoms with Crippen LogP contribution in [-0.4, -0.2) is 32.0 Å². The van der Waals surface area contributed by atoms with Crippen molar-refractivity contribution in [1.29, 1.82) is 0 Å². The average Bonchev–Trinajstić information content (AvgIpc) is 2.45. The smallest absolute Gasteiger partial charge is 0.381 e. The Labute approximate surface area is 119 Å². The number of rotatable bonds is 4. The molecule has 0 aromatic heterocycles. The molecule has 1 heterocycles. The summed E-state index contributed by atoms with van der Waals surface area (Å²) in [5.74, 6) is -1.05. The van der Waals surface area contributed by atoms with E-state index in [0.717, 1.165) is 25.8 Å². The first kappa shape index (κ1) is 16.1. The fourth-order valence-corrected chi connectivity index (χ4v) is 3.97. The van der Waals surface area contributed by atoms with Crippen LogP contribution in [-0.2, 0) is 4.74 Å². The van der Waals surface area contributed by atoms with Gasteiger partial charge < -0.3 is 10.1 Å². The van der Waals surface area contributed by atoms with Gasteiger partial charge in [0.05, 0.1) is 5.92 Å². The molecule has 3 atom stereocenters. The van der Waals surface area contributed by atoms with Crippen LogP contribution in [0.4, 0.5) is 13.2 Å². The third-order valence-electron chi connectivity index (χ3n) is 4.91. The van der Waals surface area contributed by atoms with Crippen molar-refractivity contribution in [3.05, 3.63) is 0 Å². The molecule has 0 aromatic rings. The number of halogens is 3. The second-order valence-electron chi connectivity index (χ2n) is 6.13. The van der Waals surface area contributed by atoms with E-state index < -0.39 is 12.1 Å². The largest absolute Gasteiger partial charge is 0.392 e. The Bertz CT molecular complexity index is 289. The molecule has 3 unspecified atom stereocenters. The van der Waals surface area contributed by atoms with Crippen molar-refractivity contribution < 1.29 is 17.9 Å². The molecule has 0 spiro atoms. The first-order valence-corrected chi connectivity index (χ1v) is 7.92. The highest BCUT2D eigenvalue weighted by Crippen LogP contribution is 2.45. The summed E-state index contributed by atoms with van der Waals surface area (Å²) in [6.45, 7) is 4.10. The highest BCUT2D eigenvalue weighted by molar-refractivity contribution is 4.92. The summed E-state index contributed by atoms with van der Waals surface area (Å²) < 4.78 is 45.3. The van der Waals surface area contributed by atoms with Crippen LogP contribution in [0.25, 0.3) is 0 Å². The molecule has 1 saturated carbocycles. The highest BCUT2D eigenvalue weighted by atomic mass is 19.4. The van der Waals surface area contributed by atoms with E-state index in [4.69, 9.17) is 4.74 Å². The average molecular weight is 293 g/mol. The van der Waals surface area contributed by atoms with Gasteiger partial charge in [-0.25, -0.2) is 0 Å². The van der Waals surface area contributed by atoms with Crippen molar-refractivity contribution in [2.75, 3.05) is 19.8 Å². The van der Waals surface area contributed by atoms with E-state index in [1.807, 2.05) is 6.92 Å². The van der Waals surface area contributed by atoms with E-state index in [1.54, 1.807) is 0 Å². The SMILES string of the molecule is CCNC(C1CCOCC1)C1CCCCC1C(F)(F)F.